The van der Waals surface area contributed by atoms with Gasteiger partial charge in [-0.2, -0.15) is 0 Å². The van der Waals surface area contributed by atoms with E-state index in [1.165, 1.54) is 5.54 Å². The maximum atomic E-state index is 5.34. The molecule has 0 bridgehead atoms. The smallest absolute Gasteiger partial charge is 0.100 e. The summed E-state index contributed by atoms with van der Waals surface area (Å²) < 4.78 is 0. The largest absolute Gasteiger partial charge is 0.129 e. The van der Waals surface area contributed by atoms with Crippen LogP contribution in [0.2, 0.25) is 0 Å². The van der Waals surface area contributed by atoms with Gasteiger partial charge in [0, 0.05) is 5.54 Å². The SMILES string of the molecule is CC(=CCl)C(Cl)Cl. The molecule has 0 atom stereocenters. The second-order valence-electron chi connectivity index (χ2n) is 1.15. The Labute approximate surface area is 58.1 Å². The van der Waals surface area contributed by atoms with Crippen LogP contribution in [0.4, 0.5) is 0 Å². The van der Waals surface area contributed by atoms with E-state index < -0.39 is 4.84 Å². The van der Waals surface area contributed by atoms with Crippen LogP contribution >= 0.6 is 34.8 Å². The number of alkyl halides is 2. The molecule has 3 heteroatoms. The summed E-state index contributed by atoms with van der Waals surface area (Å²) in [5, 5.41) is 0. The van der Waals surface area contributed by atoms with Crippen molar-refractivity contribution >= 4 is 34.8 Å². The molecule has 0 saturated carbocycles. The van der Waals surface area contributed by atoms with Gasteiger partial charge in [0.2, 0.25) is 0 Å². The van der Waals surface area contributed by atoms with Gasteiger partial charge in [-0.05, 0) is 12.5 Å². The van der Waals surface area contributed by atoms with E-state index in [-0.39, 0.29) is 0 Å². The van der Waals surface area contributed by atoms with Crippen molar-refractivity contribution in [3.8, 4) is 0 Å². The summed E-state index contributed by atoms with van der Waals surface area (Å²) in [5.41, 5.74) is 2.13. The van der Waals surface area contributed by atoms with Crippen LogP contribution in [0.5, 0.6) is 0 Å². The molecule has 0 aliphatic carbocycles. The lowest BCUT2D eigenvalue weighted by molar-refractivity contribution is 1.34. The zero-order chi connectivity index (χ0) is 5.86. The maximum Gasteiger partial charge on any atom is 0.129 e. The molecular weight excluding hydrogens is 154 g/mol. The van der Waals surface area contributed by atoms with Gasteiger partial charge in [0.05, 0.1) is 0 Å². The Morgan fingerprint density at radius 1 is 1.57 bits per heavy atom. The highest BCUT2D eigenvalue weighted by Gasteiger charge is 1.97. The Bertz CT molecular complexity index is 75.0. The lowest BCUT2D eigenvalue weighted by Gasteiger charge is -1.94. The fourth-order valence-electron chi connectivity index (χ4n) is 0.0476. The third-order valence-electron chi connectivity index (χ3n) is 0.516. The minimum Gasteiger partial charge on any atom is -0.100 e. The van der Waals surface area contributed by atoms with Gasteiger partial charge >= 0.3 is 0 Å². The first-order valence-electron chi connectivity index (χ1n) is 1.73. The lowest BCUT2D eigenvalue weighted by atomic mass is 10.4. The Balaban J connectivity index is 3.56. The van der Waals surface area contributed by atoms with Crippen LogP contribution in [-0.4, -0.2) is 4.84 Å². The van der Waals surface area contributed by atoms with Gasteiger partial charge in [-0.15, -0.1) is 23.2 Å². The molecule has 0 amide bonds. The Morgan fingerprint density at radius 3 is 2.00 bits per heavy atom. The van der Waals surface area contributed by atoms with Crippen molar-refractivity contribution in [1.82, 2.24) is 0 Å². The van der Waals surface area contributed by atoms with E-state index in [1.807, 2.05) is 0 Å². The summed E-state index contributed by atoms with van der Waals surface area (Å²) in [4.78, 5) is -0.461. The monoisotopic (exact) mass is 158 g/mol. The Kier molecular flexibility index (Phi) is 3.91. The van der Waals surface area contributed by atoms with Crippen molar-refractivity contribution in [1.29, 1.82) is 0 Å². The molecule has 0 N–H and O–H groups in total. The van der Waals surface area contributed by atoms with Crippen molar-refractivity contribution in [3.63, 3.8) is 0 Å². The van der Waals surface area contributed by atoms with E-state index >= 15 is 0 Å². The standard InChI is InChI=1S/C4H5Cl3/c1-3(2-5)4(6)7/h2,4H,1H3. The van der Waals surface area contributed by atoms with Crippen molar-refractivity contribution in [3.05, 3.63) is 11.1 Å². The molecule has 0 aromatic rings. The van der Waals surface area contributed by atoms with Crippen LogP contribution in [0, 0.1) is 0 Å². The fraction of sp³-hybridized carbons (Fsp3) is 0.500. The van der Waals surface area contributed by atoms with Gasteiger partial charge in [-0.3, -0.25) is 0 Å². The maximum absolute atomic E-state index is 5.34. The third kappa shape index (κ3) is 3.22. The first-order valence-corrected chi connectivity index (χ1v) is 3.04. The van der Waals surface area contributed by atoms with Gasteiger partial charge in [0.1, 0.15) is 4.84 Å². The highest BCUT2D eigenvalue weighted by atomic mass is 35.5. The van der Waals surface area contributed by atoms with Crippen LogP contribution in [0.1, 0.15) is 6.92 Å². The predicted octanol–water partition coefficient (Wildman–Crippen LogP) is 2.93. The summed E-state index contributed by atoms with van der Waals surface area (Å²) in [6.07, 6.45) is 0. The highest BCUT2D eigenvalue weighted by molar-refractivity contribution is 6.46. The molecule has 0 spiro atoms. The molecule has 0 aliphatic heterocycles. The molecule has 42 valence electrons. The molecule has 0 aromatic heterocycles. The molecular formula is C4H5Cl3. The van der Waals surface area contributed by atoms with Crippen molar-refractivity contribution in [2.45, 2.75) is 11.8 Å². The highest BCUT2D eigenvalue weighted by Crippen LogP contribution is 2.13. The van der Waals surface area contributed by atoms with E-state index in [9.17, 15) is 0 Å². The van der Waals surface area contributed by atoms with Crippen LogP contribution < -0.4 is 0 Å². The molecule has 0 rings (SSSR count). The summed E-state index contributed by atoms with van der Waals surface area (Å²) in [6.45, 7) is 1.76. The third-order valence-corrected chi connectivity index (χ3v) is 1.55. The second kappa shape index (κ2) is 3.59. The molecule has 0 fully saturated rings. The number of allylic oxidation sites excluding steroid dienone is 1. The number of hydrogen-bond acceptors (Lipinski definition) is 0. The predicted molar refractivity (Wildman–Crippen MR) is 35.1 cm³/mol. The second-order valence-corrected chi connectivity index (χ2v) is 2.47. The molecule has 0 saturated heterocycles. The molecule has 0 nitrogen and oxygen atoms in total. The van der Waals surface area contributed by atoms with Crippen molar-refractivity contribution in [2.75, 3.05) is 0 Å². The van der Waals surface area contributed by atoms with E-state index in [4.69, 9.17) is 34.8 Å². The Hall–Kier alpha value is 0.610. The van der Waals surface area contributed by atoms with E-state index in [1.54, 1.807) is 6.92 Å². The van der Waals surface area contributed by atoms with Crippen LogP contribution in [0.3, 0.4) is 0 Å². The molecule has 0 aromatic carbocycles. The minimum atomic E-state index is -0.461. The van der Waals surface area contributed by atoms with Crippen LogP contribution in [-0.2, 0) is 0 Å². The summed E-state index contributed by atoms with van der Waals surface area (Å²) in [5.74, 6) is 0. The molecule has 0 unspecified atom stereocenters. The zero-order valence-electron chi connectivity index (χ0n) is 3.79. The van der Waals surface area contributed by atoms with Crippen LogP contribution in [0.15, 0.2) is 11.1 Å². The van der Waals surface area contributed by atoms with Gasteiger partial charge in [-0.25, -0.2) is 0 Å². The Morgan fingerprint density at radius 2 is 2.00 bits per heavy atom. The fourth-order valence-corrected chi connectivity index (χ4v) is 0.429. The van der Waals surface area contributed by atoms with Gasteiger partial charge in [-0.1, -0.05) is 11.6 Å². The van der Waals surface area contributed by atoms with E-state index in [2.05, 4.69) is 0 Å². The van der Waals surface area contributed by atoms with Gasteiger partial charge in [0.15, 0.2) is 0 Å². The average molecular weight is 159 g/mol. The number of halogens is 3. The first kappa shape index (κ1) is 7.61. The molecule has 0 aliphatic rings. The van der Waals surface area contributed by atoms with Gasteiger partial charge < -0.3 is 0 Å². The van der Waals surface area contributed by atoms with E-state index in [0.29, 0.717) is 0 Å². The van der Waals surface area contributed by atoms with Crippen molar-refractivity contribution < 1.29 is 0 Å². The van der Waals surface area contributed by atoms with Crippen molar-refractivity contribution in [2.24, 2.45) is 0 Å². The first-order chi connectivity index (χ1) is 3.18. The minimum absolute atomic E-state index is 0.461. The summed E-state index contributed by atoms with van der Waals surface area (Å²) >= 11 is 15.9. The number of hydrogen-bond donors (Lipinski definition) is 0. The zero-order valence-corrected chi connectivity index (χ0v) is 6.06. The molecule has 7 heavy (non-hydrogen) atoms. The molecule has 0 radical (unpaired) electrons. The lowest BCUT2D eigenvalue weighted by Crippen LogP contribution is -1.84. The van der Waals surface area contributed by atoms with Gasteiger partial charge in [0.25, 0.3) is 0 Å². The quantitative estimate of drug-likeness (QED) is 0.516. The van der Waals surface area contributed by atoms with Crippen LogP contribution in [0.25, 0.3) is 0 Å². The number of rotatable bonds is 1. The summed E-state index contributed by atoms with van der Waals surface area (Å²) in [7, 11) is 0. The molecule has 0 heterocycles. The normalized spacial score (nSPS) is 13.0. The van der Waals surface area contributed by atoms with E-state index in [0.717, 1.165) is 5.57 Å². The topological polar surface area (TPSA) is 0 Å². The average Bonchev–Trinajstić information content (AvgIpc) is 1.65. The summed E-state index contributed by atoms with van der Waals surface area (Å²) in [6, 6.07) is 0.